The summed E-state index contributed by atoms with van der Waals surface area (Å²) in [4.78, 5) is 120. The fraction of sp³-hybridized carbons (Fsp3) is 0.714. The molecule has 0 saturated carbocycles. The van der Waals surface area contributed by atoms with Crippen LogP contribution in [0.4, 0.5) is 0 Å². The van der Waals surface area contributed by atoms with Gasteiger partial charge in [0.05, 0.1) is 24.9 Å². The van der Waals surface area contributed by atoms with Crippen LogP contribution in [0, 0.1) is 5.41 Å². The predicted molar refractivity (Wildman–Crippen MR) is 262 cm³/mol. The molecule has 0 aromatic rings. The van der Waals surface area contributed by atoms with E-state index in [1.807, 2.05) is 0 Å². The number of aliphatic carboxylic acids is 1. The molecule has 1 saturated heterocycles. The van der Waals surface area contributed by atoms with E-state index in [2.05, 4.69) is 42.5 Å². The maximum Gasteiger partial charge on any atom is 0.352 e. The maximum absolute atomic E-state index is 14.1. The largest absolute Gasteiger partial charge is 0.617 e. The molecule has 0 spiro atoms. The van der Waals surface area contributed by atoms with E-state index in [0.717, 1.165) is 0 Å². The zero-order chi connectivity index (χ0) is 53.6. The molecule has 29 heteroatoms. The van der Waals surface area contributed by atoms with E-state index in [1.165, 1.54) is 24.2 Å². The van der Waals surface area contributed by atoms with Crippen LogP contribution < -0.4 is 76.9 Å². The zero-order valence-corrected chi connectivity index (χ0v) is 41.5. The molecule has 1 fully saturated rings. The van der Waals surface area contributed by atoms with Crippen molar-refractivity contribution in [1.82, 2.24) is 47.4 Å². The highest BCUT2D eigenvalue weighted by molar-refractivity contribution is 7.90. The standard InChI is InChI=1S/C42H78N16O12S/c1-24(52-39(66)33(31(59)22-46)57-35(62)25(47)10-3-5-16-43)34(61)51-23-32(60)53-28(12-7-18-45)40(67)58-20-9-14-30(58)38(65)55-27(15-21-71(2)70)37(64)54-26(11-4-6-17-44)36(63)56-29(41(68)69)13-8-19-50-42(48)49/h13,24-28,30-31,33,59H,3-12,14-23,43-47H2,1-2H3,(H,51,61)(H,52,66)(H,53,60)(H,54,64)(H,55,65)(H,56,63)(H,57,62)(H,68,69)(H4,48,49,50)/b29-13-/t24-,25?,26-,27-,28+,30-,31-,33-,71?/m0/s1. The van der Waals surface area contributed by atoms with Crippen molar-refractivity contribution >= 4 is 70.4 Å². The van der Waals surface area contributed by atoms with Gasteiger partial charge in [0.15, 0.2) is 5.96 Å². The Balaban J connectivity index is 3.14. The van der Waals surface area contributed by atoms with E-state index in [4.69, 9.17) is 39.8 Å². The van der Waals surface area contributed by atoms with Gasteiger partial charge in [-0.2, -0.15) is 0 Å². The summed E-state index contributed by atoms with van der Waals surface area (Å²) in [5.74, 6) is -8.34. The molecule has 404 valence electrons. The molecule has 71 heavy (non-hydrogen) atoms. The Hall–Kier alpha value is -5.69. The van der Waals surface area contributed by atoms with Crippen molar-refractivity contribution in [3.05, 3.63) is 11.8 Å². The lowest BCUT2D eigenvalue weighted by Crippen LogP contribution is -2.60. The third-order valence-corrected chi connectivity index (χ3v) is 11.9. The minimum atomic E-state index is -1.57. The van der Waals surface area contributed by atoms with Crippen molar-refractivity contribution in [2.75, 3.05) is 57.8 Å². The summed E-state index contributed by atoms with van der Waals surface area (Å²) in [6, 6.07) is -8.88. The molecule has 0 bridgehead atoms. The summed E-state index contributed by atoms with van der Waals surface area (Å²) in [6.45, 7) is 1.18. The zero-order valence-electron chi connectivity index (χ0n) is 40.6. The van der Waals surface area contributed by atoms with Crippen molar-refractivity contribution in [3.8, 4) is 0 Å². The SMILES string of the molecule is C[C@H](NC(=O)[C@@H](NC(=O)C(N)CCCCN)[C@@H](O)CN)C(=O)NCC(=O)N[C@H](CCCN)C(=O)N1CCC[C@H]1C(=O)N[C@@H](CC[S+](C)[O-])C(=O)N[C@@H](CCCCN)C(=O)N/C(=C\CCNC(=N)N)C(=O)O. The van der Waals surface area contributed by atoms with E-state index in [9.17, 15) is 57.9 Å². The first-order valence-corrected chi connectivity index (χ1v) is 25.3. The second-order valence-electron chi connectivity index (χ2n) is 16.9. The Labute approximate surface area is 416 Å². The van der Waals surface area contributed by atoms with Crippen molar-refractivity contribution in [3.63, 3.8) is 0 Å². The Bertz CT molecular complexity index is 1810. The number of carbonyl (C=O) groups excluding carboxylic acids is 8. The van der Waals surface area contributed by atoms with Gasteiger partial charge in [-0.1, -0.05) is 23.7 Å². The molecule has 1 rings (SSSR count). The summed E-state index contributed by atoms with van der Waals surface area (Å²) in [5.41, 5.74) is 33.1. The Morgan fingerprint density at radius 2 is 1.39 bits per heavy atom. The highest BCUT2D eigenvalue weighted by atomic mass is 32.2. The van der Waals surface area contributed by atoms with Crippen molar-refractivity contribution in [2.45, 2.75) is 132 Å². The van der Waals surface area contributed by atoms with E-state index < -0.39 is 132 Å². The molecule has 2 unspecified atom stereocenters. The number of carbonyl (C=O) groups is 9. The second kappa shape index (κ2) is 34.6. The van der Waals surface area contributed by atoms with Crippen molar-refractivity contribution in [2.24, 2.45) is 34.4 Å². The van der Waals surface area contributed by atoms with Crippen LogP contribution in [-0.4, -0.2) is 185 Å². The topological polar surface area (TPSA) is 497 Å². The number of guanidine groups is 1. The molecule has 9 atom stereocenters. The highest BCUT2D eigenvalue weighted by Gasteiger charge is 2.40. The van der Waals surface area contributed by atoms with Gasteiger partial charge in [-0.15, -0.1) is 0 Å². The molecular weight excluding hydrogens is 953 g/mol. The van der Waals surface area contributed by atoms with Crippen LogP contribution in [0.2, 0.25) is 0 Å². The first-order valence-electron chi connectivity index (χ1n) is 23.6. The first kappa shape index (κ1) is 63.3. The van der Waals surface area contributed by atoms with Gasteiger partial charge in [0.1, 0.15) is 47.7 Å². The van der Waals surface area contributed by atoms with Crippen LogP contribution in [-0.2, 0) is 54.3 Å². The highest BCUT2D eigenvalue weighted by Crippen LogP contribution is 2.20. The molecule has 8 amide bonds. The van der Waals surface area contributed by atoms with Gasteiger partial charge >= 0.3 is 5.97 Å². The van der Waals surface area contributed by atoms with Gasteiger partial charge in [-0.25, -0.2) is 4.79 Å². The molecule has 1 aliphatic heterocycles. The smallest absolute Gasteiger partial charge is 0.352 e. The van der Waals surface area contributed by atoms with Gasteiger partial charge in [0, 0.05) is 26.1 Å². The number of likely N-dealkylation sites (tertiary alicyclic amines) is 1. The monoisotopic (exact) mass is 1030 g/mol. The number of carboxylic acid groups (broad SMARTS) is 1. The summed E-state index contributed by atoms with van der Waals surface area (Å²) in [5, 5.41) is 47.0. The molecule has 0 aliphatic carbocycles. The number of unbranched alkanes of at least 4 members (excludes halogenated alkanes) is 2. The minimum Gasteiger partial charge on any atom is -0.617 e. The number of carboxylic acids is 1. The number of hydrogen-bond acceptors (Lipinski definition) is 17. The summed E-state index contributed by atoms with van der Waals surface area (Å²) < 4.78 is 12.2. The number of rotatable bonds is 35. The lowest BCUT2D eigenvalue weighted by atomic mass is 10.1. The fourth-order valence-corrected chi connectivity index (χ4v) is 7.65. The third kappa shape index (κ3) is 24.3. The maximum atomic E-state index is 14.1. The Morgan fingerprint density at radius 3 is 1.99 bits per heavy atom. The van der Waals surface area contributed by atoms with Gasteiger partial charge in [-0.05, 0) is 90.8 Å². The molecular formula is C42H78N16O12S. The lowest BCUT2D eigenvalue weighted by Gasteiger charge is -2.30. The van der Waals surface area contributed by atoms with Gasteiger partial charge in [-0.3, -0.25) is 43.8 Å². The molecule has 0 aromatic heterocycles. The van der Waals surface area contributed by atoms with Gasteiger partial charge in [0.25, 0.3) is 0 Å². The fourth-order valence-electron chi connectivity index (χ4n) is 7.08. The lowest BCUT2D eigenvalue weighted by molar-refractivity contribution is -0.142. The number of hydrogen-bond donors (Lipinski definition) is 17. The van der Waals surface area contributed by atoms with E-state index >= 15 is 0 Å². The van der Waals surface area contributed by atoms with E-state index in [0.29, 0.717) is 38.6 Å². The van der Waals surface area contributed by atoms with Crippen LogP contribution in [0.3, 0.4) is 0 Å². The van der Waals surface area contributed by atoms with Crippen LogP contribution >= 0.6 is 0 Å². The van der Waals surface area contributed by atoms with Crippen LogP contribution in [0.1, 0.15) is 84.0 Å². The normalized spacial score (nSPS) is 16.9. The van der Waals surface area contributed by atoms with E-state index in [-0.39, 0.29) is 82.8 Å². The average Bonchev–Trinajstić information content (AvgIpc) is 3.82. The number of nitrogens with one attached hydrogen (secondary N) is 9. The number of aliphatic hydroxyl groups excluding tert-OH is 1. The third-order valence-electron chi connectivity index (χ3n) is 11.1. The summed E-state index contributed by atoms with van der Waals surface area (Å²) in [7, 11) is 0. The Morgan fingerprint density at radius 1 is 0.775 bits per heavy atom. The average molecular weight is 1030 g/mol. The number of nitrogens with zero attached hydrogens (tertiary/aromatic N) is 1. The molecule has 0 aromatic carbocycles. The molecule has 1 heterocycles. The first-order chi connectivity index (χ1) is 33.6. The van der Waals surface area contributed by atoms with Crippen LogP contribution in [0.25, 0.3) is 0 Å². The Kier molecular flexibility index (Phi) is 30.9. The number of amides is 8. The summed E-state index contributed by atoms with van der Waals surface area (Å²) >= 11 is -1.43. The van der Waals surface area contributed by atoms with Crippen LogP contribution in [0.15, 0.2) is 11.8 Å². The van der Waals surface area contributed by atoms with Gasteiger partial charge in [0.2, 0.25) is 47.3 Å². The minimum absolute atomic E-state index is 0.0301. The molecule has 23 N–H and O–H groups in total. The van der Waals surface area contributed by atoms with Crippen molar-refractivity contribution < 1.29 is 57.9 Å². The van der Waals surface area contributed by atoms with Crippen LogP contribution in [0.5, 0.6) is 0 Å². The number of nitrogens with two attached hydrogens (primary N) is 6. The second-order valence-corrected chi connectivity index (χ2v) is 18.4. The van der Waals surface area contributed by atoms with Gasteiger partial charge < -0.3 is 96.6 Å². The molecule has 28 nitrogen and oxygen atoms in total. The predicted octanol–water partition coefficient (Wildman–Crippen LogP) is -7.09. The quantitative estimate of drug-likeness (QED) is 0.00922. The number of aliphatic hydroxyl groups is 1. The van der Waals surface area contributed by atoms with Crippen molar-refractivity contribution in [1.29, 1.82) is 5.41 Å². The molecule has 1 aliphatic rings. The van der Waals surface area contributed by atoms with E-state index in [1.54, 1.807) is 0 Å². The summed E-state index contributed by atoms with van der Waals surface area (Å²) in [6.07, 6.45) is 4.05. The molecule has 0 radical (unpaired) electrons.